The van der Waals surface area contributed by atoms with Crippen LogP contribution in [0.5, 0.6) is 0 Å². The molecule has 1 heterocycles. The number of carbonyl (C=O) groups is 2. The van der Waals surface area contributed by atoms with Gasteiger partial charge in [-0.3, -0.25) is 0 Å². The second-order valence-electron chi connectivity index (χ2n) is 4.76. The van der Waals surface area contributed by atoms with Crippen LogP contribution in [0, 0.1) is 0 Å². The Kier molecular flexibility index (Phi) is 8.80. The lowest BCUT2D eigenvalue weighted by molar-refractivity contribution is -0.157. The lowest BCUT2D eigenvalue weighted by Crippen LogP contribution is -2.26. The third kappa shape index (κ3) is 6.17. The first-order valence-corrected chi connectivity index (χ1v) is 7.85. The highest BCUT2D eigenvalue weighted by molar-refractivity contribution is 5.93. The molecule has 1 aromatic heterocycles. The second-order valence-corrected chi connectivity index (χ2v) is 4.76. The highest BCUT2D eigenvalue weighted by atomic mass is 16.6. The molecule has 0 aliphatic heterocycles. The van der Waals surface area contributed by atoms with Crippen molar-refractivity contribution >= 4 is 17.8 Å². The third-order valence-electron chi connectivity index (χ3n) is 3.05. The van der Waals surface area contributed by atoms with E-state index in [9.17, 15) is 9.59 Å². The molecule has 9 nitrogen and oxygen atoms in total. The van der Waals surface area contributed by atoms with Crippen molar-refractivity contribution in [3.05, 3.63) is 11.8 Å². The molecule has 0 radical (unpaired) electrons. The summed E-state index contributed by atoms with van der Waals surface area (Å²) < 4.78 is 21.7. The molecule has 1 atom stereocenters. The van der Waals surface area contributed by atoms with Gasteiger partial charge in [0.05, 0.1) is 32.6 Å². The van der Waals surface area contributed by atoms with Crippen LogP contribution < -0.4 is 5.73 Å². The van der Waals surface area contributed by atoms with E-state index in [1.165, 1.54) is 10.9 Å². The Morgan fingerprint density at radius 2 is 1.96 bits per heavy atom. The molecule has 0 fully saturated rings. The number of hydrogen-bond acceptors (Lipinski definition) is 8. The van der Waals surface area contributed by atoms with Crippen LogP contribution in [0.3, 0.4) is 0 Å². The quantitative estimate of drug-likeness (QED) is 0.459. The van der Waals surface area contributed by atoms with Crippen LogP contribution in [0.25, 0.3) is 0 Å². The zero-order valence-corrected chi connectivity index (χ0v) is 14.3. The van der Waals surface area contributed by atoms with Crippen molar-refractivity contribution in [3.63, 3.8) is 0 Å². The van der Waals surface area contributed by atoms with Gasteiger partial charge in [-0.25, -0.2) is 14.3 Å². The predicted octanol–water partition coefficient (Wildman–Crippen LogP) is 0.627. The molecule has 0 aliphatic rings. The van der Waals surface area contributed by atoms with Gasteiger partial charge in [0.15, 0.2) is 6.10 Å². The van der Waals surface area contributed by atoms with Crippen molar-refractivity contribution in [1.82, 2.24) is 9.78 Å². The van der Waals surface area contributed by atoms with Crippen molar-refractivity contribution in [3.8, 4) is 0 Å². The minimum absolute atomic E-state index is 0.0616. The van der Waals surface area contributed by atoms with Gasteiger partial charge in [0, 0.05) is 6.61 Å². The molecule has 1 aromatic rings. The van der Waals surface area contributed by atoms with Gasteiger partial charge < -0.3 is 24.7 Å². The summed E-state index contributed by atoms with van der Waals surface area (Å²) in [5, 5.41) is 3.98. The number of aromatic nitrogens is 2. The fourth-order valence-electron chi connectivity index (χ4n) is 1.79. The first-order valence-electron chi connectivity index (χ1n) is 7.85. The molecule has 24 heavy (non-hydrogen) atoms. The fraction of sp³-hybridized carbons (Fsp3) is 0.667. The number of hydrogen-bond donors (Lipinski definition) is 1. The van der Waals surface area contributed by atoms with Crippen molar-refractivity contribution in [2.75, 3.05) is 38.8 Å². The lowest BCUT2D eigenvalue weighted by Gasteiger charge is -2.13. The van der Waals surface area contributed by atoms with Crippen LogP contribution in [-0.4, -0.2) is 60.9 Å². The Morgan fingerprint density at radius 3 is 2.62 bits per heavy atom. The molecular weight excluding hydrogens is 318 g/mol. The Bertz CT molecular complexity index is 531. The summed E-state index contributed by atoms with van der Waals surface area (Å²) in [5.41, 5.74) is 6.02. The van der Waals surface area contributed by atoms with Gasteiger partial charge in [-0.05, 0) is 20.8 Å². The Balaban J connectivity index is 2.36. The Labute approximate surface area is 141 Å². The van der Waals surface area contributed by atoms with Crippen molar-refractivity contribution in [2.24, 2.45) is 0 Å². The summed E-state index contributed by atoms with van der Waals surface area (Å²) in [6, 6.07) is 0. The van der Waals surface area contributed by atoms with Crippen LogP contribution in [0.15, 0.2) is 6.20 Å². The molecule has 0 amide bonds. The van der Waals surface area contributed by atoms with E-state index >= 15 is 0 Å². The molecule has 136 valence electrons. The molecule has 0 aromatic carbocycles. The fourth-order valence-corrected chi connectivity index (χ4v) is 1.79. The van der Waals surface area contributed by atoms with Gasteiger partial charge in [0.1, 0.15) is 18.0 Å². The summed E-state index contributed by atoms with van der Waals surface area (Å²) in [5.74, 6) is -0.845. The van der Waals surface area contributed by atoms with E-state index in [-0.39, 0.29) is 31.1 Å². The van der Waals surface area contributed by atoms with E-state index in [2.05, 4.69) is 5.10 Å². The summed E-state index contributed by atoms with van der Waals surface area (Å²) in [6.07, 6.45) is 0.643. The van der Waals surface area contributed by atoms with Crippen LogP contribution >= 0.6 is 0 Å². The minimum Gasteiger partial charge on any atom is -0.462 e. The molecule has 9 heteroatoms. The maximum Gasteiger partial charge on any atom is 0.343 e. The van der Waals surface area contributed by atoms with E-state index in [4.69, 9.17) is 24.7 Å². The molecule has 0 saturated heterocycles. The Morgan fingerprint density at radius 1 is 1.21 bits per heavy atom. The number of anilines is 1. The first kappa shape index (κ1) is 19.9. The highest BCUT2D eigenvalue weighted by Crippen LogP contribution is 2.12. The average Bonchev–Trinajstić information content (AvgIpc) is 2.92. The second kappa shape index (κ2) is 10.6. The largest absolute Gasteiger partial charge is 0.462 e. The minimum atomic E-state index is -0.685. The lowest BCUT2D eigenvalue weighted by atomic mass is 10.3. The van der Waals surface area contributed by atoms with E-state index < -0.39 is 18.0 Å². The molecule has 0 saturated carbocycles. The summed E-state index contributed by atoms with van der Waals surface area (Å²) in [6.45, 7) is 7.07. The molecule has 0 spiro atoms. The van der Waals surface area contributed by atoms with Crippen molar-refractivity contribution in [1.29, 1.82) is 0 Å². The molecule has 0 bridgehead atoms. The van der Waals surface area contributed by atoms with Gasteiger partial charge in [-0.2, -0.15) is 5.10 Å². The standard InChI is InChI=1S/C15H25N3O6/c1-4-21-8-9-23-11(3)14(19)24-7-6-18-13(16)12(10-17-18)15(20)22-5-2/h10-11H,4-9,16H2,1-3H3/t11-/m1/s1. The predicted molar refractivity (Wildman–Crippen MR) is 85.5 cm³/mol. The summed E-state index contributed by atoms with van der Waals surface area (Å²) >= 11 is 0. The number of nitrogens with two attached hydrogens (primary N) is 1. The highest BCUT2D eigenvalue weighted by Gasteiger charge is 2.17. The van der Waals surface area contributed by atoms with Crippen LogP contribution in [0.4, 0.5) is 5.82 Å². The van der Waals surface area contributed by atoms with Crippen molar-refractivity contribution < 1.29 is 28.5 Å². The number of nitrogen functional groups attached to an aromatic ring is 1. The van der Waals surface area contributed by atoms with E-state index in [1.807, 2.05) is 6.92 Å². The molecule has 0 aliphatic carbocycles. The van der Waals surface area contributed by atoms with Crippen LogP contribution in [0.1, 0.15) is 31.1 Å². The third-order valence-corrected chi connectivity index (χ3v) is 3.05. The number of carbonyl (C=O) groups excluding carboxylic acids is 2. The van der Waals surface area contributed by atoms with E-state index in [0.717, 1.165) is 0 Å². The number of rotatable bonds is 11. The van der Waals surface area contributed by atoms with Crippen LogP contribution in [-0.2, 0) is 30.3 Å². The molecule has 1 rings (SSSR count). The average molecular weight is 343 g/mol. The summed E-state index contributed by atoms with van der Waals surface area (Å²) in [7, 11) is 0. The molecule has 2 N–H and O–H groups in total. The molecule has 0 unspecified atom stereocenters. The van der Waals surface area contributed by atoms with Gasteiger partial charge in [-0.1, -0.05) is 0 Å². The first-order chi connectivity index (χ1) is 11.5. The Hall–Kier alpha value is -2.13. The number of esters is 2. The maximum absolute atomic E-state index is 11.8. The zero-order chi connectivity index (χ0) is 17.9. The number of ether oxygens (including phenoxy) is 4. The topological polar surface area (TPSA) is 115 Å². The van der Waals surface area contributed by atoms with E-state index in [0.29, 0.717) is 19.8 Å². The monoisotopic (exact) mass is 343 g/mol. The SMILES string of the molecule is CCOCCO[C@H](C)C(=O)OCCn1ncc(C(=O)OCC)c1N. The van der Waals surface area contributed by atoms with Crippen molar-refractivity contribution in [2.45, 2.75) is 33.4 Å². The smallest absolute Gasteiger partial charge is 0.343 e. The summed E-state index contributed by atoms with van der Waals surface area (Å²) in [4.78, 5) is 23.4. The van der Waals surface area contributed by atoms with Gasteiger partial charge in [0.25, 0.3) is 0 Å². The van der Waals surface area contributed by atoms with E-state index in [1.54, 1.807) is 13.8 Å². The van der Waals surface area contributed by atoms with Gasteiger partial charge in [0.2, 0.25) is 0 Å². The maximum atomic E-state index is 11.8. The van der Waals surface area contributed by atoms with Gasteiger partial charge >= 0.3 is 11.9 Å². The zero-order valence-electron chi connectivity index (χ0n) is 14.3. The normalized spacial score (nSPS) is 12.0. The number of nitrogens with zero attached hydrogens (tertiary/aromatic N) is 2. The van der Waals surface area contributed by atoms with Crippen LogP contribution in [0.2, 0.25) is 0 Å². The van der Waals surface area contributed by atoms with Gasteiger partial charge in [-0.15, -0.1) is 0 Å². The molecular formula is C15H25N3O6.